The van der Waals surface area contributed by atoms with E-state index < -0.39 is 22.8 Å². The van der Waals surface area contributed by atoms with E-state index in [1.165, 1.54) is 25.1 Å². The van der Waals surface area contributed by atoms with Crippen molar-refractivity contribution in [3.63, 3.8) is 0 Å². The summed E-state index contributed by atoms with van der Waals surface area (Å²) in [5, 5.41) is 16.0. The number of hydrogen-bond acceptors (Lipinski definition) is 5. The summed E-state index contributed by atoms with van der Waals surface area (Å²) in [6, 6.07) is 11.4. The molecule has 0 heterocycles. The molecule has 2 aromatic carbocycles. The molecule has 8 nitrogen and oxygen atoms in total. The molecule has 1 unspecified atom stereocenters. The van der Waals surface area contributed by atoms with Crippen molar-refractivity contribution in [2.45, 2.75) is 19.9 Å². The van der Waals surface area contributed by atoms with E-state index in [-0.39, 0.29) is 11.3 Å². The molecule has 2 N–H and O–H groups in total. The Kier molecular flexibility index (Phi) is 6.26. The van der Waals surface area contributed by atoms with E-state index >= 15 is 0 Å². The number of nitrogens with one attached hydrogen (secondary N) is 2. The van der Waals surface area contributed by atoms with Crippen molar-refractivity contribution in [3.8, 4) is 5.75 Å². The molecular formula is C18H19N3O5. The van der Waals surface area contributed by atoms with Crippen LogP contribution in [0.3, 0.4) is 0 Å². The minimum absolute atomic E-state index is 0.105. The van der Waals surface area contributed by atoms with Crippen LogP contribution < -0.4 is 15.4 Å². The lowest BCUT2D eigenvalue weighted by atomic mass is 10.1. The third-order valence-electron chi connectivity index (χ3n) is 3.50. The second kappa shape index (κ2) is 8.61. The first-order valence-electron chi connectivity index (χ1n) is 8.00. The lowest BCUT2D eigenvalue weighted by Gasteiger charge is -2.16. The molecule has 2 aromatic rings. The topological polar surface area (TPSA) is 111 Å². The maximum absolute atomic E-state index is 12.3. The number of benzene rings is 2. The number of non-ortho nitro benzene ring substituents is 1. The smallest absolute Gasteiger partial charge is 0.270 e. The summed E-state index contributed by atoms with van der Waals surface area (Å²) in [6.07, 6.45) is 0. The van der Waals surface area contributed by atoms with E-state index in [0.717, 1.165) is 6.07 Å². The van der Waals surface area contributed by atoms with Gasteiger partial charge in [-0.05, 0) is 32.0 Å². The van der Waals surface area contributed by atoms with Crippen LogP contribution in [0.2, 0.25) is 0 Å². The van der Waals surface area contributed by atoms with Gasteiger partial charge in [0.25, 0.3) is 11.6 Å². The van der Waals surface area contributed by atoms with Gasteiger partial charge in [0.05, 0.1) is 17.2 Å². The first kappa shape index (κ1) is 18.9. The highest BCUT2D eigenvalue weighted by atomic mass is 16.6. The summed E-state index contributed by atoms with van der Waals surface area (Å²) in [6.45, 7) is 3.81. The summed E-state index contributed by atoms with van der Waals surface area (Å²) in [4.78, 5) is 34.7. The van der Waals surface area contributed by atoms with Crippen LogP contribution in [0.1, 0.15) is 24.2 Å². The molecule has 26 heavy (non-hydrogen) atoms. The van der Waals surface area contributed by atoms with Gasteiger partial charge in [-0.25, -0.2) is 0 Å². The van der Waals surface area contributed by atoms with Gasteiger partial charge in [0.15, 0.2) is 0 Å². The van der Waals surface area contributed by atoms with Crippen molar-refractivity contribution in [2.75, 3.05) is 11.9 Å². The second-order valence-electron chi connectivity index (χ2n) is 5.42. The molecule has 2 rings (SSSR count). The van der Waals surface area contributed by atoms with Gasteiger partial charge < -0.3 is 15.4 Å². The quantitative estimate of drug-likeness (QED) is 0.585. The molecule has 0 spiro atoms. The van der Waals surface area contributed by atoms with Crippen molar-refractivity contribution in [1.82, 2.24) is 5.32 Å². The number of carbonyl (C=O) groups is 2. The lowest BCUT2D eigenvalue weighted by Crippen LogP contribution is -2.41. The third kappa shape index (κ3) is 4.79. The van der Waals surface area contributed by atoms with Crippen LogP contribution in [0.15, 0.2) is 48.5 Å². The number of nitro benzene ring substituents is 1. The van der Waals surface area contributed by atoms with Crippen LogP contribution >= 0.6 is 0 Å². The van der Waals surface area contributed by atoms with E-state index in [1.807, 2.05) is 6.92 Å². The number of hydrogen-bond donors (Lipinski definition) is 2. The number of ether oxygens (including phenoxy) is 1. The normalized spacial score (nSPS) is 11.3. The van der Waals surface area contributed by atoms with Crippen LogP contribution in [0.4, 0.5) is 11.4 Å². The number of para-hydroxylation sites is 2. The van der Waals surface area contributed by atoms with Crippen LogP contribution in [-0.2, 0) is 4.79 Å². The molecule has 0 aromatic heterocycles. The molecule has 136 valence electrons. The highest BCUT2D eigenvalue weighted by Gasteiger charge is 2.19. The van der Waals surface area contributed by atoms with E-state index in [4.69, 9.17) is 4.74 Å². The number of anilines is 1. The summed E-state index contributed by atoms with van der Waals surface area (Å²) in [5.74, 6) is -0.481. The van der Waals surface area contributed by atoms with E-state index in [0.29, 0.717) is 18.0 Å². The Labute approximate surface area is 150 Å². The second-order valence-corrected chi connectivity index (χ2v) is 5.42. The molecule has 0 aliphatic carbocycles. The highest BCUT2D eigenvalue weighted by Crippen LogP contribution is 2.23. The number of amides is 2. The molecule has 0 radical (unpaired) electrons. The Morgan fingerprint density at radius 3 is 2.62 bits per heavy atom. The van der Waals surface area contributed by atoms with Crippen LogP contribution in [0.5, 0.6) is 5.75 Å². The fourth-order valence-electron chi connectivity index (χ4n) is 2.20. The Morgan fingerprint density at radius 1 is 1.19 bits per heavy atom. The number of nitrogens with zero attached hydrogens (tertiary/aromatic N) is 1. The zero-order valence-corrected chi connectivity index (χ0v) is 14.4. The first-order chi connectivity index (χ1) is 12.4. The minimum atomic E-state index is -0.851. The van der Waals surface area contributed by atoms with Gasteiger partial charge in [-0.3, -0.25) is 19.7 Å². The highest BCUT2D eigenvalue weighted by molar-refractivity contribution is 6.01. The first-order valence-corrected chi connectivity index (χ1v) is 8.00. The van der Waals surface area contributed by atoms with Gasteiger partial charge in [0, 0.05) is 17.7 Å². The van der Waals surface area contributed by atoms with E-state index in [1.54, 1.807) is 24.3 Å². The molecule has 0 saturated carbocycles. The maximum atomic E-state index is 12.3. The Bertz CT molecular complexity index is 822. The maximum Gasteiger partial charge on any atom is 0.270 e. The molecule has 2 amide bonds. The van der Waals surface area contributed by atoms with Crippen molar-refractivity contribution >= 4 is 23.2 Å². The van der Waals surface area contributed by atoms with Crippen molar-refractivity contribution in [2.24, 2.45) is 0 Å². The predicted octanol–water partition coefficient (Wildman–Crippen LogP) is 2.75. The monoisotopic (exact) mass is 357 g/mol. The number of rotatable bonds is 7. The van der Waals surface area contributed by atoms with Crippen molar-refractivity contribution in [3.05, 3.63) is 64.2 Å². The largest absolute Gasteiger partial charge is 0.492 e. The summed E-state index contributed by atoms with van der Waals surface area (Å²) in [7, 11) is 0. The van der Waals surface area contributed by atoms with Gasteiger partial charge in [0.2, 0.25) is 5.91 Å². The molecule has 0 aliphatic rings. The molecule has 0 aliphatic heterocycles. The molecule has 1 atom stereocenters. The Balaban J connectivity index is 2.04. The standard InChI is InChI=1S/C18H19N3O5/c1-3-26-16-10-5-4-9-15(16)20-17(22)12(2)19-18(23)13-7-6-8-14(11-13)21(24)25/h4-12H,3H2,1-2H3,(H,19,23)(H,20,22). The summed E-state index contributed by atoms with van der Waals surface area (Å²) < 4.78 is 5.44. The Hall–Kier alpha value is -3.42. The van der Waals surface area contributed by atoms with E-state index in [2.05, 4.69) is 10.6 Å². The van der Waals surface area contributed by atoms with Crippen molar-refractivity contribution in [1.29, 1.82) is 0 Å². The number of nitro groups is 1. The molecule has 0 fully saturated rings. The summed E-state index contributed by atoms with van der Waals surface area (Å²) in [5.41, 5.74) is 0.407. The fourth-order valence-corrected chi connectivity index (χ4v) is 2.20. The fraction of sp³-hybridized carbons (Fsp3) is 0.222. The zero-order valence-electron chi connectivity index (χ0n) is 14.4. The van der Waals surface area contributed by atoms with Gasteiger partial charge in [0.1, 0.15) is 11.8 Å². The van der Waals surface area contributed by atoms with Crippen LogP contribution in [0, 0.1) is 10.1 Å². The van der Waals surface area contributed by atoms with Crippen molar-refractivity contribution < 1.29 is 19.2 Å². The SMILES string of the molecule is CCOc1ccccc1NC(=O)C(C)NC(=O)c1cccc([N+](=O)[O-])c1. The molecule has 0 saturated heterocycles. The minimum Gasteiger partial charge on any atom is -0.492 e. The average Bonchev–Trinajstić information content (AvgIpc) is 2.63. The van der Waals surface area contributed by atoms with Gasteiger partial charge in [-0.15, -0.1) is 0 Å². The molecule has 0 bridgehead atoms. The average molecular weight is 357 g/mol. The van der Waals surface area contributed by atoms with Crippen LogP contribution in [-0.4, -0.2) is 29.4 Å². The lowest BCUT2D eigenvalue weighted by molar-refractivity contribution is -0.384. The van der Waals surface area contributed by atoms with Crippen LogP contribution in [0.25, 0.3) is 0 Å². The number of carbonyl (C=O) groups excluding carboxylic acids is 2. The Morgan fingerprint density at radius 2 is 1.92 bits per heavy atom. The van der Waals surface area contributed by atoms with Gasteiger partial charge in [-0.2, -0.15) is 0 Å². The zero-order chi connectivity index (χ0) is 19.1. The predicted molar refractivity (Wildman–Crippen MR) is 96.3 cm³/mol. The van der Waals surface area contributed by atoms with E-state index in [9.17, 15) is 19.7 Å². The van der Waals surface area contributed by atoms with Gasteiger partial charge >= 0.3 is 0 Å². The molecule has 8 heteroatoms. The molecular weight excluding hydrogens is 338 g/mol. The summed E-state index contributed by atoms with van der Waals surface area (Å²) >= 11 is 0. The third-order valence-corrected chi connectivity index (χ3v) is 3.50. The van der Waals surface area contributed by atoms with Gasteiger partial charge in [-0.1, -0.05) is 18.2 Å².